The van der Waals surface area contributed by atoms with E-state index in [9.17, 15) is 9.18 Å². The van der Waals surface area contributed by atoms with Crippen molar-refractivity contribution in [3.8, 4) is 0 Å². The van der Waals surface area contributed by atoms with Crippen molar-refractivity contribution in [2.75, 3.05) is 11.1 Å². The van der Waals surface area contributed by atoms with Gasteiger partial charge in [-0.05, 0) is 43.2 Å². The molecule has 1 atom stereocenters. The van der Waals surface area contributed by atoms with Crippen LogP contribution in [0.4, 0.5) is 10.1 Å². The van der Waals surface area contributed by atoms with Gasteiger partial charge in [0, 0.05) is 11.9 Å². The van der Waals surface area contributed by atoms with Gasteiger partial charge in [0.1, 0.15) is 11.5 Å². The molecule has 1 aromatic heterocycles. The molecule has 1 amide bonds. The zero-order valence-electron chi connectivity index (χ0n) is 13.1. The molecular formula is C17H17FN4OS. The first-order valence-electron chi connectivity index (χ1n) is 7.48. The fraction of sp³-hybridized carbons (Fsp3) is 0.235. The predicted octanol–water partition coefficient (Wildman–Crippen LogP) is 3.14. The van der Waals surface area contributed by atoms with Crippen LogP contribution >= 0.6 is 11.8 Å². The third-order valence-corrected chi connectivity index (χ3v) is 4.73. The Balaban J connectivity index is 1.90. The number of aromatic nitrogens is 1. The summed E-state index contributed by atoms with van der Waals surface area (Å²) in [4.78, 5) is 20.7. The maximum atomic E-state index is 14.1. The number of nitrogens with zero attached hydrogens (tertiary/aromatic N) is 2. The van der Waals surface area contributed by atoms with Crippen LogP contribution in [0.3, 0.4) is 0 Å². The number of hydrogen-bond donors (Lipinski definition) is 2. The standard InChI is InChI=1S/C17H17FN4OS/c1-17(7-9-24-16(19)22-17)11-5-6-12(18)14(10-11)21-15(23)13-4-2-3-8-20-13/h2-6,8,10H,7,9H2,1H3,(H2,19,22)(H,21,23). The lowest BCUT2D eigenvalue weighted by Crippen LogP contribution is -2.29. The molecular weight excluding hydrogens is 327 g/mol. The van der Waals surface area contributed by atoms with Crippen LogP contribution in [0.2, 0.25) is 0 Å². The van der Waals surface area contributed by atoms with Gasteiger partial charge in [0.25, 0.3) is 5.91 Å². The molecule has 0 fully saturated rings. The Hall–Kier alpha value is -2.41. The highest BCUT2D eigenvalue weighted by atomic mass is 32.2. The van der Waals surface area contributed by atoms with Crippen molar-refractivity contribution in [3.63, 3.8) is 0 Å². The number of amides is 1. The van der Waals surface area contributed by atoms with E-state index >= 15 is 0 Å². The monoisotopic (exact) mass is 344 g/mol. The summed E-state index contributed by atoms with van der Waals surface area (Å²) in [6.07, 6.45) is 2.30. The summed E-state index contributed by atoms with van der Waals surface area (Å²) >= 11 is 1.51. The highest BCUT2D eigenvalue weighted by molar-refractivity contribution is 8.13. The summed E-state index contributed by atoms with van der Waals surface area (Å²) < 4.78 is 14.1. The molecule has 24 heavy (non-hydrogen) atoms. The maximum Gasteiger partial charge on any atom is 0.274 e. The number of carbonyl (C=O) groups is 1. The molecule has 2 heterocycles. The van der Waals surface area contributed by atoms with E-state index in [1.807, 2.05) is 6.92 Å². The Morgan fingerprint density at radius 2 is 2.21 bits per heavy atom. The van der Waals surface area contributed by atoms with Crippen LogP contribution in [0.15, 0.2) is 47.6 Å². The summed E-state index contributed by atoms with van der Waals surface area (Å²) in [5, 5.41) is 3.09. The Labute approximate surface area is 143 Å². The number of nitrogens with two attached hydrogens (primary N) is 1. The summed E-state index contributed by atoms with van der Waals surface area (Å²) in [5.74, 6) is -0.119. The minimum absolute atomic E-state index is 0.108. The fourth-order valence-corrected chi connectivity index (χ4v) is 3.51. The van der Waals surface area contributed by atoms with Crippen molar-refractivity contribution in [1.82, 2.24) is 4.98 Å². The van der Waals surface area contributed by atoms with Crippen LogP contribution < -0.4 is 11.1 Å². The van der Waals surface area contributed by atoms with Crippen LogP contribution in [-0.2, 0) is 5.54 Å². The topological polar surface area (TPSA) is 80.4 Å². The highest BCUT2D eigenvalue weighted by Gasteiger charge is 2.30. The smallest absolute Gasteiger partial charge is 0.274 e. The minimum Gasteiger partial charge on any atom is -0.379 e. The van der Waals surface area contributed by atoms with Gasteiger partial charge in [-0.3, -0.25) is 14.8 Å². The van der Waals surface area contributed by atoms with Gasteiger partial charge >= 0.3 is 0 Å². The number of pyridine rings is 1. The van der Waals surface area contributed by atoms with E-state index in [0.29, 0.717) is 5.17 Å². The van der Waals surface area contributed by atoms with E-state index in [2.05, 4.69) is 15.3 Å². The van der Waals surface area contributed by atoms with Crippen LogP contribution in [-0.4, -0.2) is 21.8 Å². The van der Waals surface area contributed by atoms with Crippen molar-refractivity contribution in [1.29, 1.82) is 0 Å². The number of anilines is 1. The van der Waals surface area contributed by atoms with Crippen molar-refractivity contribution in [2.45, 2.75) is 18.9 Å². The largest absolute Gasteiger partial charge is 0.379 e. The molecule has 3 N–H and O–H groups in total. The van der Waals surface area contributed by atoms with Crippen LogP contribution in [0, 0.1) is 5.82 Å². The van der Waals surface area contributed by atoms with Crippen LogP contribution in [0.25, 0.3) is 0 Å². The number of nitrogens with one attached hydrogen (secondary N) is 1. The summed E-state index contributed by atoms with van der Waals surface area (Å²) in [7, 11) is 0. The van der Waals surface area contributed by atoms with E-state index in [4.69, 9.17) is 5.73 Å². The fourth-order valence-electron chi connectivity index (χ4n) is 2.53. The van der Waals surface area contributed by atoms with E-state index in [1.54, 1.807) is 30.3 Å². The summed E-state index contributed by atoms with van der Waals surface area (Å²) in [5.41, 5.74) is 6.46. The van der Waals surface area contributed by atoms with E-state index in [1.165, 1.54) is 24.0 Å². The van der Waals surface area contributed by atoms with Gasteiger partial charge in [-0.25, -0.2) is 4.39 Å². The lowest BCUT2D eigenvalue weighted by molar-refractivity contribution is 0.102. The number of hydrogen-bond acceptors (Lipinski definition) is 5. The Morgan fingerprint density at radius 3 is 2.92 bits per heavy atom. The van der Waals surface area contributed by atoms with E-state index < -0.39 is 17.3 Å². The van der Waals surface area contributed by atoms with Gasteiger partial charge in [0.15, 0.2) is 5.17 Å². The number of rotatable bonds is 3. The molecule has 1 aromatic carbocycles. The molecule has 0 saturated heterocycles. The third-order valence-electron chi connectivity index (χ3n) is 3.93. The predicted molar refractivity (Wildman–Crippen MR) is 94.6 cm³/mol. The molecule has 3 rings (SSSR count). The third kappa shape index (κ3) is 3.41. The molecule has 0 spiro atoms. The molecule has 7 heteroatoms. The Kier molecular flexibility index (Phi) is 4.53. The molecule has 1 aliphatic rings. The van der Waals surface area contributed by atoms with E-state index in [0.717, 1.165) is 17.7 Å². The first-order valence-corrected chi connectivity index (χ1v) is 8.47. The number of amidine groups is 1. The number of thioether (sulfide) groups is 1. The quantitative estimate of drug-likeness (QED) is 0.896. The molecule has 2 aromatic rings. The van der Waals surface area contributed by atoms with Gasteiger partial charge in [-0.15, -0.1) is 0 Å². The average molecular weight is 344 g/mol. The first-order chi connectivity index (χ1) is 11.5. The number of benzene rings is 1. The minimum atomic E-state index is -0.520. The second-order valence-electron chi connectivity index (χ2n) is 5.69. The lowest BCUT2D eigenvalue weighted by Gasteiger charge is -2.30. The van der Waals surface area contributed by atoms with Gasteiger partial charge in [0.2, 0.25) is 0 Å². The number of aliphatic imine (C=N–C) groups is 1. The van der Waals surface area contributed by atoms with Gasteiger partial charge in [-0.1, -0.05) is 23.9 Å². The van der Waals surface area contributed by atoms with Crippen LogP contribution in [0.5, 0.6) is 0 Å². The summed E-state index contributed by atoms with van der Waals surface area (Å²) in [6.45, 7) is 1.96. The Morgan fingerprint density at radius 1 is 1.38 bits per heavy atom. The van der Waals surface area contributed by atoms with Crippen molar-refractivity contribution < 1.29 is 9.18 Å². The SMILES string of the molecule is CC1(c2ccc(F)c(NC(=O)c3ccccn3)c2)CCSC(N)=N1. The van der Waals surface area contributed by atoms with E-state index in [-0.39, 0.29) is 11.4 Å². The van der Waals surface area contributed by atoms with Gasteiger partial charge in [0.05, 0.1) is 11.2 Å². The van der Waals surface area contributed by atoms with Gasteiger partial charge in [-0.2, -0.15) is 0 Å². The molecule has 0 bridgehead atoms. The van der Waals surface area contributed by atoms with Crippen molar-refractivity contribution in [3.05, 3.63) is 59.7 Å². The molecule has 0 aliphatic carbocycles. The summed E-state index contributed by atoms with van der Waals surface area (Å²) in [6, 6.07) is 9.61. The molecule has 5 nitrogen and oxygen atoms in total. The second-order valence-corrected chi connectivity index (χ2v) is 6.80. The maximum absolute atomic E-state index is 14.1. The van der Waals surface area contributed by atoms with Crippen LogP contribution in [0.1, 0.15) is 29.4 Å². The van der Waals surface area contributed by atoms with Crippen molar-refractivity contribution in [2.24, 2.45) is 10.7 Å². The Bertz CT molecular complexity index is 796. The lowest BCUT2D eigenvalue weighted by atomic mass is 9.89. The molecule has 0 radical (unpaired) electrons. The number of halogens is 1. The molecule has 1 aliphatic heterocycles. The van der Waals surface area contributed by atoms with Crippen molar-refractivity contribution >= 4 is 28.5 Å². The second kappa shape index (κ2) is 6.60. The normalized spacial score (nSPS) is 20.3. The molecule has 1 unspecified atom stereocenters. The zero-order chi connectivity index (χ0) is 17.2. The molecule has 0 saturated carbocycles. The zero-order valence-corrected chi connectivity index (χ0v) is 13.9. The first kappa shape index (κ1) is 16.4. The average Bonchev–Trinajstić information content (AvgIpc) is 2.57. The molecule has 124 valence electrons. The highest BCUT2D eigenvalue weighted by Crippen LogP contribution is 2.36. The van der Waals surface area contributed by atoms with Gasteiger partial charge < -0.3 is 11.1 Å². The number of carbonyl (C=O) groups excluding carboxylic acids is 1.